The Labute approximate surface area is 121 Å². The quantitative estimate of drug-likeness (QED) is 0.913. The van der Waals surface area contributed by atoms with Crippen LogP contribution in [0.15, 0.2) is 18.5 Å². The smallest absolute Gasteiger partial charge is 0.0766 e. The molecule has 1 aromatic heterocycles. The van der Waals surface area contributed by atoms with Crippen molar-refractivity contribution < 1.29 is 0 Å². The van der Waals surface area contributed by atoms with Crippen molar-refractivity contribution in [1.29, 1.82) is 0 Å². The third-order valence-electron chi connectivity index (χ3n) is 6.05. The minimum atomic E-state index is 0.683. The summed E-state index contributed by atoms with van der Waals surface area (Å²) in [5.74, 6) is 4.01. The summed E-state index contributed by atoms with van der Waals surface area (Å²) in [5.41, 5.74) is 2.47. The van der Waals surface area contributed by atoms with Crippen LogP contribution in [0.3, 0.4) is 0 Å². The molecule has 20 heavy (non-hydrogen) atoms. The summed E-state index contributed by atoms with van der Waals surface area (Å²) in [5, 5.41) is 3.83. The summed E-state index contributed by atoms with van der Waals surface area (Å²) in [7, 11) is 4.21. The van der Waals surface area contributed by atoms with Gasteiger partial charge in [-0.3, -0.25) is 4.98 Å². The largest absolute Gasteiger partial charge is 0.379 e. The van der Waals surface area contributed by atoms with Crippen LogP contribution in [0.5, 0.6) is 0 Å². The SMILES string of the molecule is CN(C)c1ccncc1NC1CC2CC1C1CCCC21. The number of rotatable bonds is 3. The van der Waals surface area contributed by atoms with Crippen LogP contribution in [0, 0.1) is 23.7 Å². The van der Waals surface area contributed by atoms with Crippen molar-refractivity contribution in [2.75, 3.05) is 24.3 Å². The lowest BCUT2D eigenvalue weighted by molar-refractivity contribution is 0.243. The normalized spacial score (nSPS) is 38.0. The van der Waals surface area contributed by atoms with Gasteiger partial charge in [-0.15, -0.1) is 0 Å². The van der Waals surface area contributed by atoms with Crippen molar-refractivity contribution in [3.63, 3.8) is 0 Å². The van der Waals surface area contributed by atoms with E-state index in [2.05, 4.69) is 35.4 Å². The van der Waals surface area contributed by atoms with E-state index in [0.29, 0.717) is 6.04 Å². The zero-order chi connectivity index (χ0) is 13.7. The van der Waals surface area contributed by atoms with Crippen LogP contribution in [0.4, 0.5) is 11.4 Å². The lowest BCUT2D eigenvalue weighted by Crippen LogP contribution is -2.34. The van der Waals surface area contributed by atoms with E-state index in [9.17, 15) is 0 Å². The van der Waals surface area contributed by atoms with Crippen molar-refractivity contribution in [3.05, 3.63) is 18.5 Å². The van der Waals surface area contributed by atoms with E-state index in [4.69, 9.17) is 0 Å². The maximum absolute atomic E-state index is 4.31. The van der Waals surface area contributed by atoms with E-state index in [1.807, 2.05) is 12.4 Å². The zero-order valence-corrected chi connectivity index (χ0v) is 12.5. The van der Waals surface area contributed by atoms with Gasteiger partial charge >= 0.3 is 0 Å². The first-order valence-corrected chi connectivity index (χ1v) is 8.12. The topological polar surface area (TPSA) is 28.2 Å². The maximum atomic E-state index is 4.31. The highest BCUT2D eigenvalue weighted by Crippen LogP contribution is 2.59. The highest BCUT2D eigenvalue weighted by Gasteiger charge is 2.53. The predicted molar refractivity (Wildman–Crippen MR) is 83.0 cm³/mol. The molecule has 0 aliphatic heterocycles. The van der Waals surface area contributed by atoms with Crippen LogP contribution in [-0.2, 0) is 0 Å². The summed E-state index contributed by atoms with van der Waals surface area (Å²) in [4.78, 5) is 6.49. The number of fused-ring (bicyclic) bond motifs is 5. The van der Waals surface area contributed by atoms with Gasteiger partial charge in [-0.05, 0) is 55.4 Å². The number of aromatic nitrogens is 1. The van der Waals surface area contributed by atoms with Crippen molar-refractivity contribution >= 4 is 11.4 Å². The summed E-state index contributed by atoms with van der Waals surface area (Å²) >= 11 is 0. The fourth-order valence-electron chi connectivity index (χ4n) is 5.32. The standard InChI is InChI=1S/C17H25N3/c1-20(2)17-6-7-18-10-16(17)19-15-9-11-8-14(15)13-5-3-4-12(11)13/h6-7,10-15,19H,3-5,8-9H2,1-2H3. The summed E-state index contributed by atoms with van der Waals surface area (Å²) in [6, 6.07) is 2.79. The Morgan fingerprint density at radius 2 is 2.00 bits per heavy atom. The highest BCUT2D eigenvalue weighted by molar-refractivity contribution is 5.68. The summed E-state index contributed by atoms with van der Waals surface area (Å²) < 4.78 is 0. The molecule has 0 spiro atoms. The molecule has 5 unspecified atom stereocenters. The van der Waals surface area contributed by atoms with Gasteiger partial charge < -0.3 is 10.2 Å². The van der Waals surface area contributed by atoms with Gasteiger partial charge in [0.15, 0.2) is 0 Å². The molecule has 0 aromatic carbocycles. The fraction of sp³-hybridized carbons (Fsp3) is 0.706. The van der Waals surface area contributed by atoms with E-state index >= 15 is 0 Å². The number of nitrogens with one attached hydrogen (secondary N) is 1. The van der Waals surface area contributed by atoms with E-state index in [1.54, 1.807) is 0 Å². The number of hydrogen-bond acceptors (Lipinski definition) is 3. The predicted octanol–water partition coefficient (Wildman–Crippen LogP) is 3.38. The van der Waals surface area contributed by atoms with E-state index in [0.717, 1.165) is 23.7 Å². The minimum absolute atomic E-state index is 0.683. The molecule has 1 heterocycles. The second-order valence-corrected chi connectivity index (χ2v) is 7.19. The Morgan fingerprint density at radius 1 is 1.15 bits per heavy atom. The summed E-state index contributed by atoms with van der Waals surface area (Å²) in [6.07, 6.45) is 11.2. The first kappa shape index (κ1) is 12.5. The Kier molecular flexibility index (Phi) is 2.90. The van der Waals surface area contributed by atoms with Gasteiger partial charge in [0.25, 0.3) is 0 Å². The molecule has 3 nitrogen and oxygen atoms in total. The molecular formula is C17H25N3. The van der Waals surface area contributed by atoms with Crippen molar-refractivity contribution in [1.82, 2.24) is 4.98 Å². The number of nitrogens with zero attached hydrogens (tertiary/aromatic N) is 2. The zero-order valence-electron chi connectivity index (χ0n) is 12.5. The minimum Gasteiger partial charge on any atom is -0.379 e. The number of pyridine rings is 1. The van der Waals surface area contributed by atoms with Crippen LogP contribution in [0.2, 0.25) is 0 Å². The molecule has 0 amide bonds. The molecule has 2 bridgehead atoms. The molecule has 4 rings (SSSR count). The molecule has 3 aliphatic carbocycles. The second-order valence-electron chi connectivity index (χ2n) is 7.19. The molecule has 5 atom stereocenters. The average Bonchev–Trinajstić information content (AvgIpc) is 3.10. The van der Waals surface area contributed by atoms with Crippen LogP contribution in [-0.4, -0.2) is 25.1 Å². The Balaban J connectivity index is 1.54. The van der Waals surface area contributed by atoms with E-state index in [-0.39, 0.29) is 0 Å². The van der Waals surface area contributed by atoms with Crippen LogP contribution < -0.4 is 10.2 Å². The van der Waals surface area contributed by atoms with Crippen molar-refractivity contribution in [2.45, 2.75) is 38.1 Å². The van der Waals surface area contributed by atoms with Crippen LogP contribution in [0.1, 0.15) is 32.1 Å². The number of anilines is 2. The monoisotopic (exact) mass is 271 g/mol. The lowest BCUT2D eigenvalue weighted by atomic mass is 9.79. The van der Waals surface area contributed by atoms with Gasteiger partial charge in [0.1, 0.15) is 0 Å². The molecule has 0 radical (unpaired) electrons. The number of hydrogen-bond donors (Lipinski definition) is 1. The van der Waals surface area contributed by atoms with Gasteiger partial charge in [-0.2, -0.15) is 0 Å². The molecular weight excluding hydrogens is 246 g/mol. The van der Waals surface area contributed by atoms with E-state index < -0.39 is 0 Å². The molecule has 1 aromatic rings. The fourth-order valence-corrected chi connectivity index (χ4v) is 5.32. The molecule has 3 saturated carbocycles. The highest BCUT2D eigenvalue weighted by atomic mass is 15.1. The maximum Gasteiger partial charge on any atom is 0.0766 e. The molecule has 3 heteroatoms. The van der Waals surface area contributed by atoms with Gasteiger partial charge in [0.2, 0.25) is 0 Å². The van der Waals surface area contributed by atoms with Crippen LogP contribution in [0.25, 0.3) is 0 Å². The molecule has 108 valence electrons. The van der Waals surface area contributed by atoms with Crippen molar-refractivity contribution in [2.24, 2.45) is 23.7 Å². The average molecular weight is 271 g/mol. The van der Waals surface area contributed by atoms with E-state index in [1.165, 1.54) is 43.5 Å². The van der Waals surface area contributed by atoms with Crippen LogP contribution >= 0.6 is 0 Å². The Bertz CT molecular complexity index is 499. The molecule has 0 saturated heterocycles. The summed E-state index contributed by atoms with van der Waals surface area (Å²) in [6.45, 7) is 0. The Morgan fingerprint density at radius 3 is 2.85 bits per heavy atom. The molecule has 3 fully saturated rings. The molecule has 3 aliphatic rings. The second kappa shape index (κ2) is 4.64. The van der Waals surface area contributed by atoms with Gasteiger partial charge in [0.05, 0.1) is 17.6 Å². The first-order valence-electron chi connectivity index (χ1n) is 8.12. The van der Waals surface area contributed by atoms with Gasteiger partial charge in [-0.1, -0.05) is 6.42 Å². The van der Waals surface area contributed by atoms with Gasteiger partial charge in [0, 0.05) is 26.3 Å². The van der Waals surface area contributed by atoms with Crippen molar-refractivity contribution in [3.8, 4) is 0 Å². The van der Waals surface area contributed by atoms with Gasteiger partial charge in [-0.25, -0.2) is 0 Å². The first-order chi connectivity index (χ1) is 9.74. The third-order valence-corrected chi connectivity index (χ3v) is 6.05. The third kappa shape index (κ3) is 1.82. The lowest BCUT2D eigenvalue weighted by Gasteiger charge is -2.33. The Hall–Kier alpha value is -1.25. The molecule has 1 N–H and O–H groups in total.